The Balaban J connectivity index is 1.42. The first-order valence-corrected chi connectivity index (χ1v) is 15.9. The number of nitrogens with zero attached hydrogens (tertiary/aromatic N) is 2. The van der Waals surface area contributed by atoms with Crippen molar-refractivity contribution in [2.45, 2.75) is 67.2 Å². The SMILES string of the molecule is CC(CC1C=Nc2ccccc21)(NC(=O)c1cccc(S(C)(=O)=O)c1)C(=O)NCC1(c2ccccn2)CCCCC1. The van der Waals surface area contributed by atoms with Crippen molar-refractivity contribution in [1.29, 1.82) is 0 Å². The van der Waals surface area contributed by atoms with Gasteiger partial charge in [-0.1, -0.05) is 49.6 Å². The molecule has 9 heteroatoms. The van der Waals surface area contributed by atoms with Gasteiger partial charge in [0.2, 0.25) is 5.91 Å². The molecule has 2 amide bonds. The van der Waals surface area contributed by atoms with E-state index in [1.165, 1.54) is 18.2 Å². The Bertz CT molecular complexity index is 1570. The molecular formula is C32H36N4O4S. The summed E-state index contributed by atoms with van der Waals surface area (Å²) in [6.07, 6.45) is 10.1. The minimum Gasteiger partial charge on any atom is -0.353 e. The summed E-state index contributed by atoms with van der Waals surface area (Å²) in [5.74, 6) is -0.999. The highest BCUT2D eigenvalue weighted by Crippen LogP contribution is 2.39. The highest BCUT2D eigenvalue weighted by atomic mass is 32.2. The van der Waals surface area contributed by atoms with Crippen LogP contribution in [0.3, 0.4) is 0 Å². The first-order valence-electron chi connectivity index (χ1n) is 14.1. The number of para-hydroxylation sites is 1. The van der Waals surface area contributed by atoms with E-state index in [0.717, 1.165) is 55.3 Å². The molecule has 0 bridgehead atoms. The van der Waals surface area contributed by atoms with Gasteiger partial charge in [-0.25, -0.2) is 8.42 Å². The second-order valence-corrected chi connectivity index (χ2v) is 13.5. The Morgan fingerprint density at radius 2 is 1.76 bits per heavy atom. The first-order chi connectivity index (χ1) is 19.6. The van der Waals surface area contributed by atoms with E-state index in [2.05, 4.69) is 20.6 Å². The molecule has 1 aliphatic heterocycles. The summed E-state index contributed by atoms with van der Waals surface area (Å²) < 4.78 is 24.2. The Hall–Kier alpha value is -3.85. The van der Waals surface area contributed by atoms with E-state index in [0.29, 0.717) is 6.54 Å². The number of nitrogens with one attached hydrogen (secondary N) is 2. The molecule has 2 aliphatic rings. The second kappa shape index (κ2) is 11.6. The summed E-state index contributed by atoms with van der Waals surface area (Å²) >= 11 is 0. The minimum atomic E-state index is -3.51. The zero-order valence-corrected chi connectivity index (χ0v) is 24.3. The van der Waals surface area contributed by atoms with Crippen molar-refractivity contribution in [1.82, 2.24) is 15.6 Å². The fourth-order valence-electron chi connectivity index (χ4n) is 6.04. The van der Waals surface area contributed by atoms with Crippen LogP contribution >= 0.6 is 0 Å². The van der Waals surface area contributed by atoms with Crippen LogP contribution < -0.4 is 10.6 Å². The standard InChI is InChI=1S/C32H36N4O4S/c1-31(20-24-21-34-27-14-5-4-13-26(24)27,36-29(37)23-11-10-12-25(19-23)41(2,39)40)30(38)35-22-32(16-7-3-8-17-32)28-15-6-9-18-33-28/h4-6,9-15,18-19,21,24H,3,7-8,16-17,20,22H2,1-2H3,(H,35,38)(H,36,37). The maximum absolute atomic E-state index is 14.1. The molecular weight excluding hydrogens is 536 g/mol. The number of carbonyl (C=O) groups is 2. The van der Waals surface area contributed by atoms with Gasteiger partial charge in [0.25, 0.3) is 5.91 Å². The van der Waals surface area contributed by atoms with E-state index in [-0.39, 0.29) is 34.1 Å². The Kier molecular flexibility index (Phi) is 8.09. The first kappa shape index (κ1) is 28.7. The number of sulfone groups is 1. The van der Waals surface area contributed by atoms with Crippen molar-refractivity contribution in [2.75, 3.05) is 12.8 Å². The van der Waals surface area contributed by atoms with Gasteiger partial charge >= 0.3 is 0 Å². The van der Waals surface area contributed by atoms with E-state index in [4.69, 9.17) is 0 Å². The van der Waals surface area contributed by atoms with Crippen LogP contribution in [-0.2, 0) is 20.0 Å². The highest BCUT2D eigenvalue weighted by Gasteiger charge is 2.41. The quantitative estimate of drug-likeness (QED) is 0.379. The van der Waals surface area contributed by atoms with Gasteiger partial charge in [0, 0.05) is 47.8 Å². The minimum absolute atomic E-state index is 0.0442. The zero-order chi connectivity index (χ0) is 29.1. The van der Waals surface area contributed by atoms with Crippen LogP contribution in [0, 0.1) is 0 Å². The summed E-state index contributed by atoms with van der Waals surface area (Å²) in [6, 6.07) is 19.5. The Morgan fingerprint density at radius 3 is 2.49 bits per heavy atom. The predicted molar refractivity (Wildman–Crippen MR) is 159 cm³/mol. The lowest BCUT2D eigenvalue weighted by Gasteiger charge is -2.39. The highest BCUT2D eigenvalue weighted by molar-refractivity contribution is 7.90. The molecule has 0 saturated heterocycles. The predicted octanol–water partition coefficient (Wildman–Crippen LogP) is 4.88. The van der Waals surface area contributed by atoms with Crippen LogP contribution in [0.1, 0.15) is 73.0 Å². The molecule has 2 aromatic carbocycles. The molecule has 41 heavy (non-hydrogen) atoms. The summed E-state index contributed by atoms with van der Waals surface area (Å²) in [4.78, 5) is 36.8. The molecule has 2 atom stereocenters. The summed E-state index contributed by atoms with van der Waals surface area (Å²) in [5, 5.41) is 6.15. The van der Waals surface area contributed by atoms with E-state index in [1.54, 1.807) is 19.2 Å². The number of carbonyl (C=O) groups excluding carboxylic acids is 2. The lowest BCUT2D eigenvalue weighted by atomic mass is 9.71. The van der Waals surface area contributed by atoms with E-state index >= 15 is 0 Å². The van der Waals surface area contributed by atoms with Gasteiger partial charge in [-0.3, -0.25) is 19.6 Å². The molecule has 2 unspecified atom stereocenters. The molecule has 2 heterocycles. The lowest BCUT2D eigenvalue weighted by Crippen LogP contribution is -2.59. The third-order valence-electron chi connectivity index (χ3n) is 8.38. The number of aliphatic imine (C=N–C) groups is 1. The maximum Gasteiger partial charge on any atom is 0.252 e. The van der Waals surface area contributed by atoms with Gasteiger partial charge in [-0.15, -0.1) is 0 Å². The van der Waals surface area contributed by atoms with Gasteiger partial charge in [0.1, 0.15) is 5.54 Å². The molecule has 3 aromatic rings. The van der Waals surface area contributed by atoms with Crippen LogP contribution in [0.5, 0.6) is 0 Å². The average Bonchev–Trinajstić information content (AvgIpc) is 3.38. The van der Waals surface area contributed by atoms with E-state index in [1.807, 2.05) is 48.7 Å². The topological polar surface area (TPSA) is 118 Å². The third kappa shape index (κ3) is 6.25. The maximum atomic E-state index is 14.1. The summed E-state index contributed by atoms with van der Waals surface area (Å²) in [6.45, 7) is 2.14. The molecule has 1 aromatic heterocycles. The van der Waals surface area contributed by atoms with Gasteiger partial charge < -0.3 is 10.6 Å². The average molecular weight is 573 g/mol. The van der Waals surface area contributed by atoms with Crippen LogP contribution in [0.2, 0.25) is 0 Å². The molecule has 5 rings (SSSR count). The normalized spacial score (nSPS) is 19.1. The third-order valence-corrected chi connectivity index (χ3v) is 9.49. The number of aromatic nitrogens is 1. The van der Waals surface area contributed by atoms with Crippen LogP contribution in [-0.4, -0.2) is 49.8 Å². The lowest BCUT2D eigenvalue weighted by molar-refractivity contribution is -0.127. The number of rotatable bonds is 9. The van der Waals surface area contributed by atoms with Crippen LogP contribution in [0.25, 0.3) is 0 Å². The molecule has 0 spiro atoms. The van der Waals surface area contributed by atoms with Crippen molar-refractivity contribution in [3.63, 3.8) is 0 Å². The van der Waals surface area contributed by atoms with Gasteiger partial charge in [-0.2, -0.15) is 0 Å². The van der Waals surface area contributed by atoms with Crippen molar-refractivity contribution in [3.8, 4) is 0 Å². The Morgan fingerprint density at radius 1 is 1.00 bits per heavy atom. The van der Waals surface area contributed by atoms with Crippen molar-refractivity contribution in [2.24, 2.45) is 4.99 Å². The number of pyridine rings is 1. The molecule has 0 radical (unpaired) electrons. The van der Waals surface area contributed by atoms with Crippen LogP contribution in [0.4, 0.5) is 5.69 Å². The van der Waals surface area contributed by atoms with Crippen LogP contribution in [0.15, 0.2) is 82.8 Å². The van der Waals surface area contributed by atoms with E-state index < -0.39 is 21.3 Å². The molecule has 1 fully saturated rings. The summed E-state index contributed by atoms with van der Waals surface area (Å²) in [7, 11) is -3.51. The number of hydrogen-bond acceptors (Lipinski definition) is 6. The second-order valence-electron chi connectivity index (χ2n) is 11.5. The number of hydrogen-bond donors (Lipinski definition) is 2. The zero-order valence-electron chi connectivity index (χ0n) is 23.5. The molecule has 214 valence electrons. The molecule has 2 N–H and O–H groups in total. The molecule has 1 saturated carbocycles. The number of fused-ring (bicyclic) bond motifs is 1. The van der Waals surface area contributed by atoms with E-state index in [9.17, 15) is 18.0 Å². The van der Waals surface area contributed by atoms with Gasteiger partial charge in [-0.05, 0) is 68.1 Å². The summed E-state index contributed by atoms with van der Waals surface area (Å²) in [5.41, 5.74) is 1.41. The number of benzene rings is 2. The number of amides is 2. The van der Waals surface area contributed by atoms with Crippen molar-refractivity contribution >= 4 is 33.6 Å². The van der Waals surface area contributed by atoms with Crippen molar-refractivity contribution < 1.29 is 18.0 Å². The van der Waals surface area contributed by atoms with Gasteiger partial charge in [0.15, 0.2) is 9.84 Å². The van der Waals surface area contributed by atoms with Crippen molar-refractivity contribution in [3.05, 3.63) is 89.7 Å². The fraction of sp³-hybridized carbons (Fsp3) is 0.375. The monoisotopic (exact) mass is 572 g/mol. The fourth-order valence-corrected chi connectivity index (χ4v) is 6.70. The van der Waals surface area contributed by atoms with Gasteiger partial charge in [0.05, 0.1) is 10.6 Å². The smallest absolute Gasteiger partial charge is 0.252 e. The largest absolute Gasteiger partial charge is 0.353 e. The molecule has 1 aliphatic carbocycles. The molecule has 8 nitrogen and oxygen atoms in total. The Labute approximate surface area is 241 Å².